The topological polar surface area (TPSA) is 44.1 Å². The van der Waals surface area contributed by atoms with E-state index < -0.39 is 0 Å². The lowest BCUT2D eigenvalue weighted by atomic mass is 10.2. The van der Waals surface area contributed by atoms with Gasteiger partial charge in [-0.2, -0.15) is 5.10 Å². The third-order valence-corrected chi connectivity index (χ3v) is 4.54. The SMILES string of the molecule is Cc1ccc(-c2ccc(=O)n(Cc3ccccc3OC(C)C)n2)s1. The molecule has 0 N–H and O–H groups in total. The van der Waals surface area contributed by atoms with Crippen molar-refractivity contribution in [3.8, 4) is 16.3 Å². The fourth-order valence-corrected chi connectivity index (χ4v) is 3.26. The Morgan fingerprint density at radius 2 is 1.92 bits per heavy atom. The Hall–Kier alpha value is -2.40. The molecule has 0 aliphatic heterocycles. The van der Waals surface area contributed by atoms with Crippen LogP contribution in [0.4, 0.5) is 0 Å². The summed E-state index contributed by atoms with van der Waals surface area (Å²) in [5.41, 5.74) is 1.64. The lowest BCUT2D eigenvalue weighted by molar-refractivity contribution is 0.239. The maximum Gasteiger partial charge on any atom is 0.267 e. The van der Waals surface area contributed by atoms with Crippen LogP contribution in [0.1, 0.15) is 24.3 Å². The average Bonchev–Trinajstić information content (AvgIpc) is 2.97. The summed E-state index contributed by atoms with van der Waals surface area (Å²) in [6, 6.07) is 15.2. The molecule has 124 valence electrons. The molecule has 0 fully saturated rings. The summed E-state index contributed by atoms with van der Waals surface area (Å²) in [5.74, 6) is 0.790. The standard InChI is InChI=1S/C19H20N2O2S/c1-13(2)23-17-7-5-4-6-15(17)12-21-19(22)11-9-16(20-21)18-10-8-14(3)24-18/h4-11,13H,12H2,1-3H3. The van der Waals surface area contributed by atoms with Crippen LogP contribution in [0.15, 0.2) is 53.3 Å². The van der Waals surface area contributed by atoms with E-state index in [2.05, 4.69) is 18.1 Å². The number of aromatic nitrogens is 2. The quantitative estimate of drug-likeness (QED) is 0.702. The van der Waals surface area contributed by atoms with Crippen LogP contribution in [-0.2, 0) is 6.54 Å². The highest BCUT2D eigenvalue weighted by Gasteiger charge is 2.10. The Bertz CT molecular complexity index is 896. The summed E-state index contributed by atoms with van der Waals surface area (Å²) in [6.45, 7) is 6.42. The van der Waals surface area contributed by atoms with Crippen LogP contribution < -0.4 is 10.3 Å². The Labute approximate surface area is 145 Å². The molecule has 0 bridgehead atoms. The van der Waals surface area contributed by atoms with Crippen LogP contribution >= 0.6 is 11.3 Å². The van der Waals surface area contributed by atoms with Crippen molar-refractivity contribution in [2.75, 3.05) is 0 Å². The molecule has 0 saturated heterocycles. The first-order chi connectivity index (χ1) is 11.5. The summed E-state index contributed by atoms with van der Waals surface area (Å²) in [7, 11) is 0. The van der Waals surface area contributed by atoms with Gasteiger partial charge in [0, 0.05) is 16.5 Å². The van der Waals surface area contributed by atoms with Gasteiger partial charge in [-0.05, 0) is 45.0 Å². The summed E-state index contributed by atoms with van der Waals surface area (Å²) in [4.78, 5) is 14.5. The van der Waals surface area contributed by atoms with E-state index in [1.165, 1.54) is 9.56 Å². The van der Waals surface area contributed by atoms with E-state index in [1.807, 2.05) is 44.2 Å². The molecule has 3 aromatic rings. The normalized spacial score (nSPS) is 11.0. The lowest BCUT2D eigenvalue weighted by Gasteiger charge is -2.14. The fourth-order valence-electron chi connectivity index (χ4n) is 2.43. The van der Waals surface area contributed by atoms with Crippen molar-refractivity contribution in [3.05, 3.63) is 69.3 Å². The molecule has 24 heavy (non-hydrogen) atoms. The highest BCUT2D eigenvalue weighted by Crippen LogP contribution is 2.25. The van der Waals surface area contributed by atoms with Gasteiger partial charge in [-0.1, -0.05) is 18.2 Å². The van der Waals surface area contributed by atoms with Gasteiger partial charge in [0.05, 0.1) is 17.5 Å². The van der Waals surface area contributed by atoms with Crippen LogP contribution in [-0.4, -0.2) is 15.9 Å². The number of ether oxygens (including phenoxy) is 1. The molecule has 0 unspecified atom stereocenters. The maximum absolute atomic E-state index is 12.2. The van der Waals surface area contributed by atoms with E-state index in [4.69, 9.17) is 4.74 Å². The van der Waals surface area contributed by atoms with E-state index in [0.717, 1.165) is 21.9 Å². The highest BCUT2D eigenvalue weighted by atomic mass is 32.1. The Kier molecular flexibility index (Phi) is 4.81. The Balaban J connectivity index is 1.95. The molecule has 0 atom stereocenters. The first kappa shape index (κ1) is 16.5. The molecular weight excluding hydrogens is 320 g/mol. The van der Waals surface area contributed by atoms with Crippen molar-refractivity contribution in [1.82, 2.24) is 9.78 Å². The van der Waals surface area contributed by atoms with Gasteiger partial charge in [-0.15, -0.1) is 11.3 Å². The molecule has 0 aliphatic rings. The number of benzene rings is 1. The van der Waals surface area contributed by atoms with E-state index in [-0.39, 0.29) is 11.7 Å². The largest absolute Gasteiger partial charge is 0.491 e. The minimum Gasteiger partial charge on any atom is -0.491 e. The molecule has 5 heteroatoms. The minimum atomic E-state index is -0.119. The number of hydrogen-bond acceptors (Lipinski definition) is 4. The molecule has 4 nitrogen and oxygen atoms in total. The summed E-state index contributed by atoms with van der Waals surface area (Å²) >= 11 is 1.67. The molecule has 0 spiro atoms. The van der Waals surface area contributed by atoms with Crippen molar-refractivity contribution in [2.45, 2.75) is 33.4 Å². The van der Waals surface area contributed by atoms with Crippen LogP contribution in [0, 0.1) is 6.92 Å². The van der Waals surface area contributed by atoms with Gasteiger partial charge in [0.15, 0.2) is 0 Å². The summed E-state index contributed by atoms with van der Waals surface area (Å²) < 4.78 is 7.33. The van der Waals surface area contributed by atoms with Gasteiger partial charge in [0.2, 0.25) is 0 Å². The second-order valence-electron chi connectivity index (χ2n) is 5.90. The molecular formula is C19H20N2O2S. The van der Waals surface area contributed by atoms with Crippen molar-refractivity contribution in [3.63, 3.8) is 0 Å². The van der Waals surface area contributed by atoms with E-state index in [0.29, 0.717) is 6.54 Å². The van der Waals surface area contributed by atoms with E-state index in [1.54, 1.807) is 23.5 Å². The van der Waals surface area contributed by atoms with Crippen LogP contribution in [0.3, 0.4) is 0 Å². The molecule has 0 amide bonds. The van der Waals surface area contributed by atoms with Crippen LogP contribution in [0.5, 0.6) is 5.75 Å². The van der Waals surface area contributed by atoms with Gasteiger partial charge < -0.3 is 4.74 Å². The number of thiophene rings is 1. The number of hydrogen-bond donors (Lipinski definition) is 0. The second-order valence-corrected chi connectivity index (χ2v) is 7.19. The smallest absolute Gasteiger partial charge is 0.267 e. The van der Waals surface area contributed by atoms with Gasteiger partial charge >= 0.3 is 0 Å². The molecule has 2 heterocycles. The molecule has 1 aromatic carbocycles. The van der Waals surface area contributed by atoms with E-state index in [9.17, 15) is 4.79 Å². The van der Waals surface area contributed by atoms with Crippen molar-refractivity contribution >= 4 is 11.3 Å². The molecule has 0 radical (unpaired) electrons. The zero-order valence-electron chi connectivity index (χ0n) is 14.0. The molecule has 0 saturated carbocycles. The third-order valence-electron chi connectivity index (χ3n) is 3.51. The predicted octanol–water partition coefficient (Wildman–Crippen LogP) is 4.12. The lowest BCUT2D eigenvalue weighted by Crippen LogP contribution is -2.23. The Morgan fingerprint density at radius 3 is 2.62 bits per heavy atom. The number of aryl methyl sites for hydroxylation is 1. The minimum absolute atomic E-state index is 0.0799. The summed E-state index contributed by atoms with van der Waals surface area (Å²) in [6.07, 6.45) is 0.0799. The zero-order chi connectivity index (χ0) is 17.1. The predicted molar refractivity (Wildman–Crippen MR) is 97.9 cm³/mol. The monoisotopic (exact) mass is 340 g/mol. The molecule has 3 rings (SSSR count). The van der Waals surface area contributed by atoms with Gasteiger partial charge in [-0.3, -0.25) is 4.79 Å². The third kappa shape index (κ3) is 3.74. The van der Waals surface area contributed by atoms with Crippen molar-refractivity contribution in [1.29, 1.82) is 0 Å². The first-order valence-electron chi connectivity index (χ1n) is 7.92. The number of para-hydroxylation sites is 1. The van der Waals surface area contributed by atoms with Crippen molar-refractivity contribution < 1.29 is 4.74 Å². The van der Waals surface area contributed by atoms with Crippen LogP contribution in [0.2, 0.25) is 0 Å². The number of rotatable bonds is 5. The van der Waals surface area contributed by atoms with Crippen LogP contribution in [0.25, 0.3) is 10.6 Å². The van der Waals surface area contributed by atoms with Gasteiger partial charge in [0.25, 0.3) is 5.56 Å². The maximum atomic E-state index is 12.2. The Morgan fingerprint density at radius 1 is 1.12 bits per heavy atom. The zero-order valence-corrected chi connectivity index (χ0v) is 14.8. The molecule has 0 aliphatic carbocycles. The van der Waals surface area contributed by atoms with Gasteiger partial charge in [0.1, 0.15) is 11.4 Å². The van der Waals surface area contributed by atoms with Gasteiger partial charge in [-0.25, -0.2) is 4.68 Å². The average molecular weight is 340 g/mol. The van der Waals surface area contributed by atoms with E-state index >= 15 is 0 Å². The molecule has 2 aromatic heterocycles. The fraction of sp³-hybridized carbons (Fsp3) is 0.263. The first-order valence-corrected chi connectivity index (χ1v) is 8.74. The highest BCUT2D eigenvalue weighted by molar-refractivity contribution is 7.15. The summed E-state index contributed by atoms with van der Waals surface area (Å²) in [5, 5.41) is 4.53. The second kappa shape index (κ2) is 7.01. The van der Waals surface area contributed by atoms with Crippen molar-refractivity contribution in [2.24, 2.45) is 0 Å². The number of nitrogens with zero attached hydrogens (tertiary/aromatic N) is 2.